The summed E-state index contributed by atoms with van der Waals surface area (Å²) in [5.41, 5.74) is 4.11. The van der Waals surface area contributed by atoms with Gasteiger partial charge in [0.1, 0.15) is 0 Å². The van der Waals surface area contributed by atoms with Gasteiger partial charge in [-0.3, -0.25) is 0 Å². The number of allylic oxidation sites excluding steroid dienone is 1. The zero-order valence-electron chi connectivity index (χ0n) is 11.1. The Hall–Kier alpha value is -1.57. The van der Waals surface area contributed by atoms with Crippen LogP contribution in [0, 0.1) is 5.41 Å². The lowest BCUT2D eigenvalue weighted by atomic mass is 10.0. The van der Waals surface area contributed by atoms with E-state index in [1.807, 2.05) is 20.3 Å². The number of benzene rings is 1. The van der Waals surface area contributed by atoms with Crippen molar-refractivity contribution < 1.29 is 0 Å². The summed E-state index contributed by atoms with van der Waals surface area (Å²) in [6.07, 6.45) is 1.87. The molecule has 0 aromatic heterocycles. The molecule has 1 saturated carbocycles. The molecule has 0 heterocycles. The highest BCUT2D eigenvalue weighted by molar-refractivity contribution is 5.79. The Balaban J connectivity index is 2.12. The number of hydrogen-bond donors (Lipinski definition) is 0. The Kier molecular flexibility index (Phi) is 2.82. The fraction of sp³-hybridized carbons (Fsp3) is 0.400. The van der Waals surface area contributed by atoms with E-state index in [-0.39, 0.29) is 5.41 Å². The highest BCUT2D eigenvalue weighted by Gasteiger charge is 2.51. The van der Waals surface area contributed by atoms with Crippen LogP contribution in [0.5, 0.6) is 0 Å². The minimum Gasteiger partial charge on any atom is -0.303 e. The van der Waals surface area contributed by atoms with Gasteiger partial charge >= 0.3 is 0 Å². The summed E-state index contributed by atoms with van der Waals surface area (Å²) in [7, 11) is 3.84. The molecule has 1 unspecified atom stereocenters. The van der Waals surface area contributed by atoms with E-state index in [0.717, 1.165) is 5.56 Å². The number of rotatable bonds is 3. The number of nitrogens with zero attached hydrogens (tertiary/aromatic N) is 2. The van der Waals surface area contributed by atoms with E-state index < -0.39 is 0 Å². The van der Waals surface area contributed by atoms with Crippen LogP contribution in [0.15, 0.2) is 41.5 Å². The fourth-order valence-corrected chi connectivity index (χ4v) is 2.21. The highest BCUT2D eigenvalue weighted by Crippen LogP contribution is 2.62. The van der Waals surface area contributed by atoms with Gasteiger partial charge in [-0.2, -0.15) is 5.10 Å². The van der Waals surface area contributed by atoms with Crippen LogP contribution < -0.4 is 0 Å². The van der Waals surface area contributed by atoms with Gasteiger partial charge in [-0.1, -0.05) is 50.3 Å². The van der Waals surface area contributed by atoms with Gasteiger partial charge in [-0.05, 0) is 16.5 Å². The van der Waals surface area contributed by atoms with Gasteiger partial charge in [0.2, 0.25) is 0 Å². The molecule has 1 aromatic carbocycles. The lowest BCUT2D eigenvalue weighted by molar-refractivity contribution is 0.440. The first-order valence-corrected chi connectivity index (χ1v) is 5.93. The molecular weight excluding hydrogens is 208 g/mol. The van der Waals surface area contributed by atoms with Crippen LogP contribution in [0.4, 0.5) is 0 Å². The van der Waals surface area contributed by atoms with E-state index >= 15 is 0 Å². The molecule has 1 aliphatic carbocycles. The number of hydrazone groups is 1. The molecule has 0 aliphatic heterocycles. The molecule has 1 fully saturated rings. The Morgan fingerprint density at radius 1 is 1.24 bits per heavy atom. The zero-order chi connectivity index (χ0) is 12.6. The summed E-state index contributed by atoms with van der Waals surface area (Å²) in [4.78, 5) is 0. The summed E-state index contributed by atoms with van der Waals surface area (Å²) >= 11 is 0. The van der Waals surface area contributed by atoms with E-state index in [0.29, 0.717) is 5.92 Å². The Labute approximate surface area is 104 Å². The SMILES string of the molecule is C=C1C(c2ccc(/C=N/N(C)C)cc2)C1(C)C. The smallest absolute Gasteiger partial charge is 0.0542 e. The second-order valence-electron chi connectivity index (χ2n) is 5.44. The normalized spacial score (nSPS) is 21.9. The molecule has 0 saturated heterocycles. The van der Waals surface area contributed by atoms with Gasteiger partial charge < -0.3 is 5.01 Å². The molecule has 1 aromatic rings. The van der Waals surface area contributed by atoms with Crippen LogP contribution >= 0.6 is 0 Å². The second-order valence-corrected chi connectivity index (χ2v) is 5.44. The van der Waals surface area contributed by atoms with E-state index in [1.54, 1.807) is 5.01 Å². The van der Waals surface area contributed by atoms with Crippen LogP contribution in [0.1, 0.15) is 30.9 Å². The topological polar surface area (TPSA) is 15.6 Å². The molecule has 0 bridgehead atoms. The van der Waals surface area contributed by atoms with Crippen molar-refractivity contribution in [1.82, 2.24) is 5.01 Å². The average molecular weight is 228 g/mol. The minimum atomic E-state index is 0.277. The lowest BCUT2D eigenvalue weighted by Gasteiger charge is -2.04. The Bertz CT molecular complexity index is 452. The molecule has 2 heteroatoms. The van der Waals surface area contributed by atoms with Crippen molar-refractivity contribution in [3.05, 3.63) is 47.5 Å². The van der Waals surface area contributed by atoms with Crippen molar-refractivity contribution >= 4 is 6.21 Å². The van der Waals surface area contributed by atoms with Crippen LogP contribution in [-0.4, -0.2) is 25.3 Å². The predicted octanol–water partition coefficient (Wildman–Crippen LogP) is 3.26. The third-order valence-electron chi connectivity index (χ3n) is 3.52. The van der Waals surface area contributed by atoms with E-state index in [9.17, 15) is 0 Å². The van der Waals surface area contributed by atoms with Crippen molar-refractivity contribution in [2.75, 3.05) is 14.1 Å². The van der Waals surface area contributed by atoms with E-state index in [2.05, 4.69) is 49.8 Å². The van der Waals surface area contributed by atoms with Gasteiger partial charge in [0.15, 0.2) is 0 Å². The standard InChI is InChI=1S/C15H20N2/c1-11-14(15(11,2)3)13-8-6-12(7-9-13)10-16-17(4)5/h6-10,14H,1H2,2-5H3/b16-10+. The van der Waals surface area contributed by atoms with Crippen molar-refractivity contribution in [2.45, 2.75) is 19.8 Å². The van der Waals surface area contributed by atoms with Gasteiger partial charge in [0, 0.05) is 20.0 Å². The highest BCUT2D eigenvalue weighted by atomic mass is 15.4. The molecule has 1 atom stereocenters. The van der Waals surface area contributed by atoms with Crippen LogP contribution in [-0.2, 0) is 0 Å². The Morgan fingerprint density at radius 3 is 2.18 bits per heavy atom. The minimum absolute atomic E-state index is 0.277. The lowest BCUT2D eigenvalue weighted by Crippen LogP contribution is -2.01. The van der Waals surface area contributed by atoms with Gasteiger partial charge in [0.05, 0.1) is 6.21 Å². The van der Waals surface area contributed by atoms with Gasteiger partial charge in [0.25, 0.3) is 0 Å². The maximum atomic E-state index is 4.22. The van der Waals surface area contributed by atoms with Crippen LogP contribution in [0.25, 0.3) is 0 Å². The molecule has 2 rings (SSSR count). The maximum Gasteiger partial charge on any atom is 0.0542 e. The maximum absolute atomic E-state index is 4.22. The first-order valence-electron chi connectivity index (χ1n) is 5.93. The first-order chi connectivity index (χ1) is 7.93. The molecular formula is C15H20N2. The molecule has 90 valence electrons. The summed E-state index contributed by atoms with van der Waals surface area (Å²) < 4.78 is 0. The van der Waals surface area contributed by atoms with E-state index in [4.69, 9.17) is 0 Å². The van der Waals surface area contributed by atoms with Crippen molar-refractivity contribution in [3.8, 4) is 0 Å². The Morgan fingerprint density at radius 2 is 1.76 bits per heavy atom. The summed E-state index contributed by atoms with van der Waals surface area (Å²) in [6.45, 7) is 8.63. The summed E-state index contributed by atoms with van der Waals surface area (Å²) in [5, 5.41) is 6.01. The van der Waals surface area contributed by atoms with E-state index in [1.165, 1.54) is 11.1 Å². The van der Waals surface area contributed by atoms with Crippen LogP contribution in [0.3, 0.4) is 0 Å². The summed E-state index contributed by atoms with van der Waals surface area (Å²) in [6, 6.07) is 8.59. The summed E-state index contributed by atoms with van der Waals surface area (Å²) in [5.74, 6) is 0.530. The molecule has 0 amide bonds. The third kappa shape index (κ3) is 2.26. The van der Waals surface area contributed by atoms with Crippen LogP contribution in [0.2, 0.25) is 0 Å². The van der Waals surface area contributed by atoms with Gasteiger partial charge in [-0.25, -0.2) is 0 Å². The largest absolute Gasteiger partial charge is 0.303 e. The molecule has 2 nitrogen and oxygen atoms in total. The molecule has 0 radical (unpaired) electrons. The van der Waals surface area contributed by atoms with Crippen molar-refractivity contribution in [3.63, 3.8) is 0 Å². The first kappa shape index (κ1) is 11.9. The zero-order valence-corrected chi connectivity index (χ0v) is 11.1. The van der Waals surface area contributed by atoms with Crippen molar-refractivity contribution in [2.24, 2.45) is 10.5 Å². The van der Waals surface area contributed by atoms with Crippen molar-refractivity contribution in [1.29, 1.82) is 0 Å². The monoisotopic (exact) mass is 228 g/mol. The number of hydrogen-bond acceptors (Lipinski definition) is 2. The molecule has 1 aliphatic rings. The fourth-order valence-electron chi connectivity index (χ4n) is 2.21. The second kappa shape index (κ2) is 4.02. The predicted molar refractivity (Wildman–Crippen MR) is 73.4 cm³/mol. The molecule has 17 heavy (non-hydrogen) atoms. The molecule has 0 N–H and O–H groups in total. The van der Waals surface area contributed by atoms with Gasteiger partial charge in [-0.15, -0.1) is 0 Å². The molecule has 0 spiro atoms. The average Bonchev–Trinajstić information content (AvgIpc) is 2.76. The quantitative estimate of drug-likeness (QED) is 0.440. The third-order valence-corrected chi connectivity index (χ3v) is 3.52.